The van der Waals surface area contributed by atoms with E-state index < -0.39 is 10.0 Å². The first kappa shape index (κ1) is 19.2. The van der Waals surface area contributed by atoms with Gasteiger partial charge in [-0.2, -0.15) is 9.40 Å². The van der Waals surface area contributed by atoms with Gasteiger partial charge in [-0.15, -0.1) is 0 Å². The van der Waals surface area contributed by atoms with E-state index in [4.69, 9.17) is 23.2 Å². The highest BCUT2D eigenvalue weighted by atomic mass is 35.5. The van der Waals surface area contributed by atoms with E-state index in [9.17, 15) is 13.2 Å². The van der Waals surface area contributed by atoms with Crippen LogP contribution in [-0.2, 0) is 17.1 Å². The van der Waals surface area contributed by atoms with Gasteiger partial charge in [0.1, 0.15) is 5.69 Å². The molecule has 26 heavy (non-hydrogen) atoms. The SMILES string of the molecule is Cc1cc(C(=O)N2CCN(S(=O)(=O)c3ccc(Cl)c(Cl)c3)CC2)n(C)n1. The zero-order chi connectivity index (χ0) is 19.1. The zero-order valence-corrected chi connectivity index (χ0v) is 16.6. The summed E-state index contributed by atoms with van der Waals surface area (Å²) in [5.74, 6) is -0.153. The van der Waals surface area contributed by atoms with Crippen molar-refractivity contribution in [1.29, 1.82) is 0 Å². The number of aryl methyl sites for hydroxylation is 2. The molecule has 1 fully saturated rings. The molecule has 7 nitrogen and oxygen atoms in total. The number of halogens is 2. The number of piperazine rings is 1. The van der Waals surface area contributed by atoms with Gasteiger partial charge in [0.15, 0.2) is 0 Å². The summed E-state index contributed by atoms with van der Waals surface area (Å²) in [5, 5.41) is 4.66. The van der Waals surface area contributed by atoms with Gasteiger partial charge in [0.2, 0.25) is 10.0 Å². The number of nitrogens with zero attached hydrogens (tertiary/aromatic N) is 4. The molecule has 3 rings (SSSR count). The fourth-order valence-corrected chi connectivity index (χ4v) is 4.70. The van der Waals surface area contributed by atoms with Crippen LogP contribution in [0.15, 0.2) is 29.2 Å². The van der Waals surface area contributed by atoms with Crippen molar-refractivity contribution in [2.24, 2.45) is 7.05 Å². The van der Waals surface area contributed by atoms with Crippen LogP contribution in [0.4, 0.5) is 0 Å². The second-order valence-corrected chi connectivity index (χ2v) is 8.82. The van der Waals surface area contributed by atoms with Crippen LogP contribution < -0.4 is 0 Å². The molecule has 0 N–H and O–H groups in total. The van der Waals surface area contributed by atoms with Crippen LogP contribution >= 0.6 is 23.2 Å². The Bertz CT molecular complexity index is 950. The monoisotopic (exact) mass is 416 g/mol. The molecule has 1 aromatic carbocycles. The smallest absolute Gasteiger partial charge is 0.272 e. The summed E-state index contributed by atoms with van der Waals surface area (Å²) in [6.45, 7) is 2.86. The van der Waals surface area contributed by atoms with Crippen LogP contribution in [0.25, 0.3) is 0 Å². The molecule has 0 bridgehead atoms. The normalized spacial score (nSPS) is 16.1. The molecule has 2 heterocycles. The number of carbonyl (C=O) groups excluding carboxylic acids is 1. The van der Waals surface area contributed by atoms with Crippen LogP contribution in [-0.4, -0.2) is 59.5 Å². The standard InChI is InChI=1S/C16H18Cl2N4O3S/c1-11-9-15(20(2)19-11)16(23)21-5-7-22(8-6-21)26(24,25)12-3-4-13(17)14(18)10-12/h3-4,9-10H,5-8H2,1-2H3. The first-order chi connectivity index (χ1) is 12.2. The third kappa shape index (κ3) is 3.59. The Labute approximate surface area is 162 Å². The molecular formula is C16H18Cl2N4O3S. The summed E-state index contributed by atoms with van der Waals surface area (Å²) in [6, 6.07) is 5.96. The topological polar surface area (TPSA) is 75.5 Å². The molecular weight excluding hydrogens is 399 g/mol. The highest BCUT2D eigenvalue weighted by Gasteiger charge is 2.31. The molecule has 0 unspecified atom stereocenters. The maximum atomic E-state index is 12.8. The van der Waals surface area contributed by atoms with Gasteiger partial charge in [0.25, 0.3) is 5.91 Å². The molecule has 0 atom stereocenters. The van der Waals surface area contributed by atoms with E-state index in [1.165, 1.54) is 27.2 Å². The van der Waals surface area contributed by atoms with Gasteiger partial charge in [-0.05, 0) is 31.2 Å². The van der Waals surface area contributed by atoms with Crippen molar-refractivity contribution in [2.45, 2.75) is 11.8 Å². The van der Waals surface area contributed by atoms with Gasteiger partial charge >= 0.3 is 0 Å². The van der Waals surface area contributed by atoms with E-state index in [0.717, 1.165) is 5.69 Å². The van der Waals surface area contributed by atoms with Crippen molar-refractivity contribution in [3.8, 4) is 0 Å². The number of aromatic nitrogens is 2. The molecule has 0 radical (unpaired) electrons. The van der Waals surface area contributed by atoms with E-state index in [-0.39, 0.29) is 28.9 Å². The van der Waals surface area contributed by atoms with Gasteiger partial charge in [-0.1, -0.05) is 23.2 Å². The summed E-state index contributed by atoms with van der Waals surface area (Å²) < 4.78 is 28.4. The minimum atomic E-state index is -3.68. The lowest BCUT2D eigenvalue weighted by Crippen LogP contribution is -2.50. The van der Waals surface area contributed by atoms with Crippen LogP contribution in [0.1, 0.15) is 16.2 Å². The second-order valence-electron chi connectivity index (χ2n) is 6.07. The Kier molecular flexibility index (Phi) is 5.30. The Balaban J connectivity index is 1.72. The van der Waals surface area contributed by atoms with Crippen LogP contribution in [0.3, 0.4) is 0 Å². The minimum Gasteiger partial charge on any atom is -0.335 e. The van der Waals surface area contributed by atoms with Gasteiger partial charge < -0.3 is 4.90 Å². The Morgan fingerprint density at radius 1 is 1.08 bits per heavy atom. The van der Waals surface area contributed by atoms with Crippen molar-refractivity contribution < 1.29 is 13.2 Å². The molecule has 0 saturated carbocycles. The highest BCUT2D eigenvalue weighted by molar-refractivity contribution is 7.89. The van der Waals surface area contributed by atoms with Crippen molar-refractivity contribution in [2.75, 3.05) is 26.2 Å². The molecule has 1 aliphatic heterocycles. The van der Waals surface area contributed by atoms with Crippen LogP contribution in [0.5, 0.6) is 0 Å². The first-order valence-electron chi connectivity index (χ1n) is 7.95. The van der Waals surface area contributed by atoms with Gasteiger partial charge in [-0.3, -0.25) is 9.48 Å². The predicted molar refractivity (Wildman–Crippen MR) is 99.1 cm³/mol. The fourth-order valence-electron chi connectivity index (χ4n) is 2.89. The molecule has 1 saturated heterocycles. The molecule has 0 spiro atoms. The molecule has 10 heteroatoms. The number of carbonyl (C=O) groups is 1. The maximum absolute atomic E-state index is 12.8. The molecule has 1 amide bonds. The minimum absolute atomic E-state index is 0.0916. The molecule has 1 aromatic heterocycles. The van der Waals surface area contributed by atoms with Crippen molar-refractivity contribution in [1.82, 2.24) is 19.0 Å². The average Bonchev–Trinajstić information content (AvgIpc) is 2.95. The summed E-state index contributed by atoms with van der Waals surface area (Å²) in [6.07, 6.45) is 0. The van der Waals surface area contributed by atoms with Crippen LogP contribution in [0, 0.1) is 6.92 Å². The number of sulfonamides is 1. The van der Waals surface area contributed by atoms with E-state index in [0.29, 0.717) is 23.8 Å². The Morgan fingerprint density at radius 3 is 2.27 bits per heavy atom. The zero-order valence-electron chi connectivity index (χ0n) is 14.3. The maximum Gasteiger partial charge on any atom is 0.272 e. The highest BCUT2D eigenvalue weighted by Crippen LogP contribution is 2.27. The van der Waals surface area contributed by atoms with E-state index in [1.54, 1.807) is 18.0 Å². The van der Waals surface area contributed by atoms with Crippen LogP contribution in [0.2, 0.25) is 10.0 Å². The van der Waals surface area contributed by atoms with Gasteiger partial charge in [0.05, 0.1) is 20.6 Å². The van der Waals surface area contributed by atoms with Crippen molar-refractivity contribution >= 4 is 39.1 Å². The Morgan fingerprint density at radius 2 is 1.73 bits per heavy atom. The molecule has 1 aliphatic rings. The summed E-state index contributed by atoms with van der Waals surface area (Å²) in [7, 11) is -1.97. The van der Waals surface area contributed by atoms with E-state index in [1.807, 2.05) is 6.92 Å². The molecule has 2 aromatic rings. The quantitative estimate of drug-likeness (QED) is 0.768. The largest absolute Gasteiger partial charge is 0.335 e. The summed E-state index contributed by atoms with van der Waals surface area (Å²) in [4.78, 5) is 14.3. The predicted octanol–water partition coefficient (Wildman–Crippen LogP) is 2.18. The van der Waals surface area contributed by atoms with Gasteiger partial charge in [-0.25, -0.2) is 8.42 Å². The van der Waals surface area contributed by atoms with E-state index in [2.05, 4.69) is 5.10 Å². The average molecular weight is 417 g/mol. The third-order valence-electron chi connectivity index (χ3n) is 4.28. The Hall–Kier alpha value is -1.61. The number of benzene rings is 1. The second kappa shape index (κ2) is 7.19. The van der Waals surface area contributed by atoms with Crippen molar-refractivity contribution in [3.63, 3.8) is 0 Å². The molecule has 0 aliphatic carbocycles. The summed E-state index contributed by atoms with van der Waals surface area (Å²) in [5.41, 5.74) is 1.25. The lowest BCUT2D eigenvalue weighted by Gasteiger charge is -2.34. The lowest BCUT2D eigenvalue weighted by molar-refractivity contribution is 0.0687. The van der Waals surface area contributed by atoms with Gasteiger partial charge in [0, 0.05) is 33.2 Å². The first-order valence-corrected chi connectivity index (χ1v) is 10.1. The number of amides is 1. The number of hydrogen-bond donors (Lipinski definition) is 0. The number of rotatable bonds is 3. The number of hydrogen-bond acceptors (Lipinski definition) is 4. The van der Waals surface area contributed by atoms with Crippen molar-refractivity contribution in [3.05, 3.63) is 45.7 Å². The third-order valence-corrected chi connectivity index (χ3v) is 6.91. The lowest BCUT2D eigenvalue weighted by atomic mass is 10.3. The van der Waals surface area contributed by atoms with E-state index >= 15 is 0 Å². The fraction of sp³-hybridized carbons (Fsp3) is 0.375. The molecule has 140 valence electrons. The summed E-state index contributed by atoms with van der Waals surface area (Å²) >= 11 is 11.8.